The van der Waals surface area contributed by atoms with Crippen LogP contribution in [0.2, 0.25) is 5.02 Å². The molecule has 0 amide bonds. The molecule has 2 fully saturated rings. The number of nitrogens with one attached hydrogen (secondary N) is 1. The van der Waals surface area contributed by atoms with Crippen LogP contribution >= 0.6 is 11.6 Å². The molecule has 4 heteroatoms. The van der Waals surface area contributed by atoms with Crippen LogP contribution < -0.4 is 5.32 Å². The van der Waals surface area contributed by atoms with E-state index in [1.807, 2.05) is 12.1 Å². The summed E-state index contributed by atoms with van der Waals surface area (Å²) in [5.41, 5.74) is 1.26. The molecule has 1 aromatic rings. The standard InChI is InChI=1S/C14H20ClN3/c1-17-6-7-18-11(10-17)8-16-9-14(18)12-4-2-3-5-13(12)15/h2-5,11,14,16H,6-10H2,1H3. The molecule has 0 aromatic heterocycles. The van der Waals surface area contributed by atoms with Gasteiger partial charge in [-0.05, 0) is 18.7 Å². The summed E-state index contributed by atoms with van der Waals surface area (Å²) in [7, 11) is 2.20. The van der Waals surface area contributed by atoms with Gasteiger partial charge in [-0.3, -0.25) is 4.90 Å². The first-order valence-electron chi connectivity index (χ1n) is 6.65. The smallest absolute Gasteiger partial charge is 0.0491 e. The molecule has 0 radical (unpaired) electrons. The number of hydrogen-bond donors (Lipinski definition) is 1. The van der Waals surface area contributed by atoms with Gasteiger partial charge in [0.05, 0.1) is 0 Å². The average Bonchev–Trinajstić information content (AvgIpc) is 2.38. The highest BCUT2D eigenvalue weighted by molar-refractivity contribution is 6.31. The number of piperazine rings is 2. The Bertz CT molecular complexity index is 423. The van der Waals surface area contributed by atoms with Crippen molar-refractivity contribution in [3.05, 3.63) is 34.9 Å². The lowest BCUT2D eigenvalue weighted by molar-refractivity contribution is 0.0290. The fourth-order valence-corrected chi connectivity index (χ4v) is 3.42. The van der Waals surface area contributed by atoms with Gasteiger partial charge < -0.3 is 10.2 Å². The summed E-state index contributed by atoms with van der Waals surface area (Å²) in [5.74, 6) is 0. The lowest BCUT2D eigenvalue weighted by Crippen LogP contribution is -2.61. The van der Waals surface area contributed by atoms with Gasteiger partial charge in [-0.2, -0.15) is 0 Å². The van der Waals surface area contributed by atoms with Gasteiger partial charge in [0.1, 0.15) is 0 Å². The van der Waals surface area contributed by atoms with E-state index in [9.17, 15) is 0 Å². The third-order valence-electron chi connectivity index (χ3n) is 4.11. The Labute approximate surface area is 114 Å². The summed E-state index contributed by atoms with van der Waals surface area (Å²) in [6.07, 6.45) is 0. The molecule has 2 saturated heterocycles. The van der Waals surface area contributed by atoms with Crippen molar-refractivity contribution in [1.82, 2.24) is 15.1 Å². The summed E-state index contributed by atoms with van der Waals surface area (Å²) in [4.78, 5) is 5.04. The second kappa shape index (κ2) is 5.17. The van der Waals surface area contributed by atoms with Crippen molar-refractivity contribution in [3.63, 3.8) is 0 Å². The van der Waals surface area contributed by atoms with E-state index in [-0.39, 0.29) is 0 Å². The van der Waals surface area contributed by atoms with Gasteiger partial charge in [-0.25, -0.2) is 0 Å². The molecule has 0 aliphatic carbocycles. The minimum Gasteiger partial charge on any atom is -0.313 e. The number of benzene rings is 1. The van der Waals surface area contributed by atoms with Crippen LogP contribution in [0, 0.1) is 0 Å². The van der Waals surface area contributed by atoms with Crippen molar-refractivity contribution < 1.29 is 0 Å². The second-order valence-electron chi connectivity index (χ2n) is 5.35. The van der Waals surface area contributed by atoms with Crippen LogP contribution in [0.15, 0.2) is 24.3 Å². The van der Waals surface area contributed by atoms with Crippen LogP contribution in [-0.2, 0) is 0 Å². The second-order valence-corrected chi connectivity index (χ2v) is 5.76. The van der Waals surface area contributed by atoms with Gasteiger partial charge in [-0.15, -0.1) is 0 Å². The predicted octanol–water partition coefficient (Wildman–Crippen LogP) is 1.60. The average molecular weight is 266 g/mol. The zero-order valence-corrected chi connectivity index (χ0v) is 11.5. The minimum atomic E-state index is 0.422. The fraction of sp³-hybridized carbons (Fsp3) is 0.571. The molecule has 2 aliphatic rings. The predicted molar refractivity (Wildman–Crippen MR) is 75.1 cm³/mol. The fourth-order valence-electron chi connectivity index (χ4n) is 3.15. The summed E-state index contributed by atoms with van der Waals surface area (Å²) < 4.78 is 0. The number of halogens is 1. The number of nitrogens with zero attached hydrogens (tertiary/aromatic N) is 2. The highest BCUT2D eigenvalue weighted by Gasteiger charge is 2.35. The summed E-state index contributed by atoms with van der Waals surface area (Å²) in [6, 6.07) is 9.28. The molecule has 1 aromatic carbocycles. The van der Waals surface area contributed by atoms with E-state index in [1.165, 1.54) is 5.56 Å². The number of rotatable bonds is 1. The quantitative estimate of drug-likeness (QED) is 0.832. The van der Waals surface area contributed by atoms with E-state index in [0.29, 0.717) is 12.1 Å². The normalized spacial score (nSPS) is 30.1. The van der Waals surface area contributed by atoms with Crippen LogP contribution in [0.25, 0.3) is 0 Å². The van der Waals surface area contributed by atoms with Gasteiger partial charge in [0.2, 0.25) is 0 Å². The summed E-state index contributed by atoms with van der Waals surface area (Å²) in [5, 5.41) is 4.45. The van der Waals surface area contributed by atoms with Crippen molar-refractivity contribution in [2.45, 2.75) is 12.1 Å². The maximum atomic E-state index is 6.35. The molecule has 0 saturated carbocycles. The molecule has 18 heavy (non-hydrogen) atoms. The highest BCUT2D eigenvalue weighted by atomic mass is 35.5. The number of hydrogen-bond acceptors (Lipinski definition) is 3. The first kappa shape index (κ1) is 12.4. The molecule has 2 aliphatic heterocycles. The Morgan fingerprint density at radius 2 is 2.06 bits per heavy atom. The van der Waals surface area contributed by atoms with Crippen molar-refractivity contribution in [3.8, 4) is 0 Å². The number of likely N-dealkylation sites (N-methyl/N-ethyl adjacent to an activating group) is 1. The van der Waals surface area contributed by atoms with Crippen molar-refractivity contribution >= 4 is 11.6 Å². The molecule has 0 bridgehead atoms. The Morgan fingerprint density at radius 1 is 1.22 bits per heavy atom. The molecular weight excluding hydrogens is 246 g/mol. The van der Waals surface area contributed by atoms with E-state index in [0.717, 1.165) is 37.7 Å². The van der Waals surface area contributed by atoms with Gasteiger partial charge in [0.15, 0.2) is 0 Å². The molecular formula is C14H20ClN3. The maximum Gasteiger partial charge on any atom is 0.0491 e. The Kier molecular flexibility index (Phi) is 3.57. The van der Waals surface area contributed by atoms with Crippen molar-refractivity contribution in [2.24, 2.45) is 0 Å². The summed E-state index contributed by atoms with van der Waals surface area (Å²) >= 11 is 6.35. The van der Waals surface area contributed by atoms with E-state index in [1.54, 1.807) is 0 Å². The molecule has 98 valence electrons. The molecule has 3 nitrogen and oxygen atoms in total. The molecule has 1 N–H and O–H groups in total. The Morgan fingerprint density at radius 3 is 2.89 bits per heavy atom. The molecule has 2 atom stereocenters. The van der Waals surface area contributed by atoms with E-state index in [2.05, 4.69) is 34.3 Å². The SMILES string of the molecule is CN1CCN2C(CNCC2c2ccccc2Cl)C1. The van der Waals surface area contributed by atoms with Gasteiger partial charge >= 0.3 is 0 Å². The van der Waals surface area contributed by atoms with Gasteiger partial charge in [0.25, 0.3) is 0 Å². The maximum absolute atomic E-state index is 6.35. The third-order valence-corrected chi connectivity index (χ3v) is 4.46. The zero-order valence-electron chi connectivity index (χ0n) is 10.8. The number of fused-ring (bicyclic) bond motifs is 1. The van der Waals surface area contributed by atoms with E-state index in [4.69, 9.17) is 11.6 Å². The zero-order chi connectivity index (χ0) is 12.5. The van der Waals surface area contributed by atoms with Crippen LogP contribution in [-0.4, -0.2) is 55.6 Å². The third kappa shape index (κ3) is 2.28. The minimum absolute atomic E-state index is 0.422. The van der Waals surface area contributed by atoms with Crippen LogP contribution in [0.5, 0.6) is 0 Å². The molecule has 0 spiro atoms. The highest BCUT2D eigenvalue weighted by Crippen LogP contribution is 2.31. The van der Waals surface area contributed by atoms with Crippen LogP contribution in [0.1, 0.15) is 11.6 Å². The summed E-state index contributed by atoms with van der Waals surface area (Å²) in [6.45, 7) is 5.53. The van der Waals surface area contributed by atoms with Crippen molar-refractivity contribution in [1.29, 1.82) is 0 Å². The largest absolute Gasteiger partial charge is 0.313 e. The molecule has 3 rings (SSSR count). The monoisotopic (exact) mass is 265 g/mol. The topological polar surface area (TPSA) is 18.5 Å². The van der Waals surface area contributed by atoms with Gasteiger partial charge in [0, 0.05) is 49.8 Å². The van der Waals surface area contributed by atoms with Gasteiger partial charge in [-0.1, -0.05) is 29.8 Å². The van der Waals surface area contributed by atoms with Crippen molar-refractivity contribution in [2.75, 3.05) is 39.8 Å². The Hall–Kier alpha value is -0.610. The Balaban J connectivity index is 1.86. The van der Waals surface area contributed by atoms with Crippen LogP contribution in [0.4, 0.5) is 0 Å². The van der Waals surface area contributed by atoms with E-state index < -0.39 is 0 Å². The first-order chi connectivity index (χ1) is 8.75. The lowest BCUT2D eigenvalue weighted by Gasteiger charge is -2.48. The molecule has 2 unspecified atom stereocenters. The first-order valence-corrected chi connectivity index (χ1v) is 7.03. The lowest BCUT2D eigenvalue weighted by atomic mass is 9.98. The van der Waals surface area contributed by atoms with E-state index >= 15 is 0 Å². The molecule has 2 heterocycles. The van der Waals surface area contributed by atoms with Crippen LogP contribution in [0.3, 0.4) is 0 Å².